The van der Waals surface area contributed by atoms with Gasteiger partial charge in [-0.25, -0.2) is 0 Å². The molecule has 0 atom stereocenters. The molecular formula is C12H13N3O2. The van der Waals surface area contributed by atoms with Crippen molar-refractivity contribution in [3.63, 3.8) is 0 Å². The molecule has 88 valence electrons. The van der Waals surface area contributed by atoms with Crippen molar-refractivity contribution in [2.24, 2.45) is 0 Å². The number of nitrogens with one attached hydrogen (secondary N) is 2. The molecule has 0 saturated carbocycles. The lowest BCUT2D eigenvalue weighted by atomic mass is 10.1. The van der Waals surface area contributed by atoms with Crippen LogP contribution in [0.3, 0.4) is 0 Å². The first-order valence-electron chi connectivity index (χ1n) is 5.22. The zero-order chi connectivity index (χ0) is 12.3. The maximum Gasteiger partial charge on any atom is 0.255 e. The molecule has 0 bridgehead atoms. The Kier molecular flexibility index (Phi) is 3.09. The molecule has 5 heteroatoms. The second-order valence-corrected chi connectivity index (χ2v) is 3.81. The molecule has 0 unspecified atom stereocenters. The highest BCUT2D eigenvalue weighted by molar-refractivity contribution is 5.96. The molecule has 3 N–H and O–H groups in total. The lowest BCUT2D eigenvalue weighted by Gasteiger charge is -2.06. The quantitative estimate of drug-likeness (QED) is 0.746. The third-order valence-corrected chi connectivity index (χ3v) is 2.40. The second-order valence-electron chi connectivity index (χ2n) is 3.81. The van der Waals surface area contributed by atoms with E-state index in [9.17, 15) is 9.90 Å². The minimum atomic E-state index is -0.299. The fourth-order valence-corrected chi connectivity index (χ4v) is 1.48. The van der Waals surface area contributed by atoms with Crippen molar-refractivity contribution in [1.29, 1.82) is 0 Å². The summed E-state index contributed by atoms with van der Waals surface area (Å²) in [6.07, 6.45) is 3.34. The van der Waals surface area contributed by atoms with E-state index in [1.165, 1.54) is 6.07 Å². The minimum absolute atomic E-state index is 0.0136. The molecule has 1 aromatic heterocycles. The highest BCUT2D eigenvalue weighted by Gasteiger charge is 2.10. The van der Waals surface area contributed by atoms with Crippen molar-refractivity contribution in [3.8, 4) is 5.75 Å². The van der Waals surface area contributed by atoms with Crippen LogP contribution >= 0.6 is 0 Å². The molecule has 0 aliphatic carbocycles. The van der Waals surface area contributed by atoms with Crippen LogP contribution in [0.1, 0.15) is 21.5 Å². The Morgan fingerprint density at radius 1 is 1.53 bits per heavy atom. The van der Waals surface area contributed by atoms with Crippen LogP contribution in [0.2, 0.25) is 0 Å². The Morgan fingerprint density at radius 3 is 3.06 bits per heavy atom. The maximum absolute atomic E-state index is 11.8. The van der Waals surface area contributed by atoms with Crippen LogP contribution < -0.4 is 5.32 Å². The van der Waals surface area contributed by atoms with Crippen LogP contribution in [0, 0.1) is 6.92 Å². The van der Waals surface area contributed by atoms with Gasteiger partial charge in [-0.05, 0) is 19.1 Å². The number of carbonyl (C=O) groups excluding carboxylic acids is 1. The average molecular weight is 231 g/mol. The number of aromatic hydroxyl groups is 1. The van der Waals surface area contributed by atoms with Crippen LogP contribution in [0.4, 0.5) is 0 Å². The number of amides is 1. The zero-order valence-corrected chi connectivity index (χ0v) is 9.40. The highest BCUT2D eigenvalue weighted by Crippen LogP contribution is 2.17. The number of rotatable bonds is 3. The predicted octanol–water partition coefficient (Wildman–Crippen LogP) is 1.35. The largest absolute Gasteiger partial charge is 0.507 e. The molecular weight excluding hydrogens is 218 g/mol. The Bertz CT molecular complexity index is 521. The summed E-state index contributed by atoms with van der Waals surface area (Å²) in [5.74, 6) is -0.312. The fourth-order valence-electron chi connectivity index (χ4n) is 1.48. The Balaban J connectivity index is 2.07. The Labute approximate surface area is 98.5 Å². The first kappa shape index (κ1) is 11.2. The number of benzene rings is 1. The van der Waals surface area contributed by atoms with Gasteiger partial charge in [-0.1, -0.05) is 11.6 Å². The van der Waals surface area contributed by atoms with Crippen molar-refractivity contribution < 1.29 is 9.90 Å². The van der Waals surface area contributed by atoms with E-state index in [1.807, 2.05) is 6.92 Å². The summed E-state index contributed by atoms with van der Waals surface area (Å²) in [6.45, 7) is 2.25. The van der Waals surface area contributed by atoms with Gasteiger partial charge in [0, 0.05) is 18.3 Å². The van der Waals surface area contributed by atoms with E-state index in [-0.39, 0.29) is 17.2 Å². The van der Waals surface area contributed by atoms with Crippen LogP contribution in [0.25, 0.3) is 0 Å². The van der Waals surface area contributed by atoms with E-state index in [0.717, 1.165) is 11.1 Å². The summed E-state index contributed by atoms with van der Waals surface area (Å²) in [4.78, 5) is 11.8. The number of carbonyl (C=O) groups is 1. The van der Waals surface area contributed by atoms with Gasteiger partial charge in [0.2, 0.25) is 0 Å². The van der Waals surface area contributed by atoms with Crippen molar-refractivity contribution in [2.75, 3.05) is 0 Å². The van der Waals surface area contributed by atoms with Gasteiger partial charge < -0.3 is 10.4 Å². The molecule has 0 spiro atoms. The minimum Gasteiger partial charge on any atom is -0.507 e. The smallest absolute Gasteiger partial charge is 0.255 e. The van der Waals surface area contributed by atoms with E-state index in [1.54, 1.807) is 24.5 Å². The van der Waals surface area contributed by atoms with Gasteiger partial charge >= 0.3 is 0 Å². The summed E-state index contributed by atoms with van der Waals surface area (Å²) < 4.78 is 0. The van der Waals surface area contributed by atoms with Crippen molar-refractivity contribution in [2.45, 2.75) is 13.5 Å². The zero-order valence-electron chi connectivity index (χ0n) is 9.40. The molecule has 0 aliphatic heterocycles. The molecule has 17 heavy (non-hydrogen) atoms. The molecule has 1 heterocycles. The van der Waals surface area contributed by atoms with E-state index in [0.29, 0.717) is 6.54 Å². The number of aromatic amines is 1. The number of aryl methyl sites for hydroxylation is 1. The molecule has 1 aromatic carbocycles. The molecule has 5 nitrogen and oxygen atoms in total. The van der Waals surface area contributed by atoms with E-state index >= 15 is 0 Å². The summed E-state index contributed by atoms with van der Waals surface area (Å²) >= 11 is 0. The highest BCUT2D eigenvalue weighted by atomic mass is 16.3. The first-order chi connectivity index (χ1) is 8.16. The standard InChI is InChI=1S/C12H13N3O2/c1-8-2-3-11(16)10(4-8)12(17)13-5-9-6-14-15-7-9/h2-4,6-7,16H,5H2,1H3,(H,13,17)(H,14,15). The summed E-state index contributed by atoms with van der Waals surface area (Å²) in [5.41, 5.74) is 2.09. The normalized spacial score (nSPS) is 10.2. The topological polar surface area (TPSA) is 78.0 Å². The van der Waals surface area contributed by atoms with Gasteiger partial charge in [-0.3, -0.25) is 9.89 Å². The van der Waals surface area contributed by atoms with Crippen molar-refractivity contribution in [1.82, 2.24) is 15.5 Å². The number of aromatic nitrogens is 2. The summed E-state index contributed by atoms with van der Waals surface area (Å²) in [5, 5.41) is 18.7. The van der Waals surface area contributed by atoms with Crippen molar-refractivity contribution >= 4 is 5.91 Å². The predicted molar refractivity (Wildman–Crippen MR) is 62.6 cm³/mol. The van der Waals surface area contributed by atoms with E-state index < -0.39 is 0 Å². The maximum atomic E-state index is 11.8. The second kappa shape index (κ2) is 4.69. The SMILES string of the molecule is Cc1ccc(O)c(C(=O)NCc2cn[nH]c2)c1. The molecule has 0 aliphatic rings. The third-order valence-electron chi connectivity index (χ3n) is 2.40. The first-order valence-corrected chi connectivity index (χ1v) is 5.22. The Hall–Kier alpha value is -2.30. The van der Waals surface area contributed by atoms with Gasteiger partial charge in [-0.15, -0.1) is 0 Å². The number of hydrogen-bond donors (Lipinski definition) is 3. The number of phenolic OH excluding ortho intramolecular Hbond substituents is 1. The number of phenols is 1. The van der Waals surface area contributed by atoms with Gasteiger partial charge in [0.15, 0.2) is 0 Å². The molecule has 1 amide bonds. The number of nitrogens with zero attached hydrogens (tertiary/aromatic N) is 1. The van der Waals surface area contributed by atoms with Crippen LogP contribution in [0.5, 0.6) is 5.75 Å². The fraction of sp³-hybridized carbons (Fsp3) is 0.167. The number of H-pyrrole nitrogens is 1. The molecule has 2 aromatic rings. The Morgan fingerprint density at radius 2 is 2.35 bits per heavy atom. The average Bonchev–Trinajstić information content (AvgIpc) is 2.82. The lowest BCUT2D eigenvalue weighted by molar-refractivity contribution is 0.0948. The molecule has 0 saturated heterocycles. The van der Waals surface area contributed by atoms with Crippen LogP contribution in [-0.2, 0) is 6.54 Å². The van der Waals surface area contributed by atoms with Crippen LogP contribution in [-0.4, -0.2) is 21.2 Å². The molecule has 2 rings (SSSR count). The van der Waals surface area contributed by atoms with Crippen LogP contribution in [0.15, 0.2) is 30.6 Å². The van der Waals surface area contributed by atoms with Crippen molar-refractivity contribution in [3.05, 3.63) is 47.3 Å². The summed E-state index contributed by atoms with van der Waals surface area (Å²) in [7, 11) is 0. The van der Waals surface area contributed by atoms with Gasteiger partial charge in [0.05, 0.1) is 11.8 Å². The monoisotopic (exact) mass is 231 g/mol. The van der Waals surface area contributed by atoms with Gasteiger partial charge in [-0.2, -0.15) is 5.10 Å². The van der Waals surface area contributed by atoms with Gasteiger partial charge in [0.1, 0.15) is 5.75 Å². The lowest BCUT2D eigenvalue weighted by Crippen LogP contribution is -2.22. The third kappa shape index (κ3) is 2.63. The number of hydrogen-bond acceptors (Lipinski definition) is 3. The molecule has 0 radical (unpaired) electrons. The van der Waals surface area contributed by atoms with E-state index in [2.05, 4.69) is 15.5 Å². The molecule has 0 fully saturated rings. The van der Waals surface area contributed by atoms with Gasteiger partial charge in [0.25, 0.3) is 5.91 Å². The summed E-state index contributed by atoms with van der Waals surface area (Å²) in [6, 6.07) is 4.92. The van der Waals surface area contributed by atoms with E-state index in [4.69, 9.17) is 0 Å².